The Morgan fingerprint density at radius 3 is 2.25 bits per heavy atom. The largest absolute Gasteiger partial charge is 0.393 e. The summed E-state index contributed by atoms with van der Waals surface area (Å²) in [6.07, 6.45) is 9.35. The molecule has 1 heterocycles. The summed E-state index contributed by atoms with van der Waals surface area (Å²) in [6.45, 7) is 0. The molecule has 6 aliphatic rings. The molecule has 0 aromatic heterocycles. The van der Waals surface area contributed by atoms with E-state index in [2.05, 4.69) is 0 Å². The molecule has 0 aromatic carbocycles. The van der Waals surface area contributed by atoms with Crippen LogP contribution in [0.3, 0.4) is 0 Å². The van der Waals surface area contributed by atoms with E-state index in [1.807, 2.05) is 0 Å². The van der Waals surface area contributed by atoms with E-state index in [9.17, 15) is 5.11 Å². The topological polar surface area (TPSA) is 47.9 Å². The molecule has 0 radical (unpaired) electrons. The van der Waals surface area contributed by atoms with Crippen LogP contribution in [0.1, 0.15) is 57.8 Å². The lowest BCUT2D eigenvalue weighted by atomic mass is 9.53. The number of hydrogen-bond acceptors (Lipinski definition) is 4. The Bertz CT molecular complexity index is 395. The quantitative estimate of drug-likeness (QED) is 0.693. The third kappa shape index (κ3) is 1.57. The SMILES string of the molecule is O[C@H]1CCC[C@@]2(C1)OOC1(O2)C2CC3CC(C2)CC1C3. The minimum absolute atomic E-state index is 0.306. The zero-order chi connectivity index (χ0) is 13.4. The highest BCUT2D eigenvalue weighted by Gasteiger charge is 2.66. The summed E-state index contributed by atoms with van der Waals surface area (Å²) >= 11 is 0. The highest BCUT2D eigenvalue weighted by molar-refractivity contribution is 5.05. The molecule has 20 heavy (non-hydrogen) atoms. The summed E-state index contributed by atoms with van der Waals surface area (Å²) in [7, 11) is 0. The monoisotopic (exact) mass is 280 g/mol. The normalized spacial score (nSPS) is 60.8. The van der Waals surface area contributed by atoms with E-state index in [-0.39, 0.29) is 6.10 Å². The van der Waals surface area contributed by atoms with Gasteiger partial charge in [-0.2, -0.15) is 9.78 Å². The Morgan fingerprint density at radius 1 is 0.900 bits per heavy atom. The molecule has 2 spiro atoms. The Balaban J connectivity index is 1.44. The van der Waals surface area contributed by atoms with E-state index in [0.717, 1.165) is 31.1 Å². The van der Waals surface area contributed by atoms with Crippen molar-refractivity contribution in [2.75, 3.05) is 0 Å². The number of ether oxygens (including phenoxy) is 1. The van der Waals surface area contributed by atoms with Gasteiger partial charge in [0, 0.05) is 24.7 Å². The average Bonchev–Trinajstić information content (AvgIpc) is 2.76. The summed E-state index contributed by atoms with van der Waals surface area (Å²) in [5, 5.41) is 9.96. The lowest BCUT2D eigenvalue weighted by molar-refractivity contribution is -0.390. The number of aliphatic hydroxyl groups is 1. The van der Waals surface area contributed by atoms with Crippen molar-refractivity contribution in [3.8, 4) is 0 Å². The molecule has 6 rings (SSSR count). The van der Waals surface area contributed by atoms with Gasteiger partial charge in [-0.25, -0.2) is 0 Å². The molecule has 1 N–H and O–H groups in total. The van der Waals surface area contributed by atoms with E-state index in [0.29, 0.717) is 18.3 Å². The summed E-state index contributed by atoms with van der Waals surface area (Å²) in [5.74, 6) is 1.67. The summed E-state index contributed by atoms with van der Waals surface area (Å²) in [4.78, 5) is 11.7. The molecule has 112 valence electrons. The zero-order valence-electron chi connectivity index (χ0n) is 11.9. The van der Waals surface area contributed by atoms with Crippen LogP contribution in [0.4, 0.5) is 0 Å². The molecule has 4 nitrogen and oxygen atoms in total. The minimum Gasteiger partial charge on any atom is -0.393 e. The Morgan fingerprint density at radius 2 is 1.60 bits per heavy atom. The Labute approximate surface area is 119 Å². The molecular formula is C16H24O4. The van der Waals surface area contributed by atoms with E-state index in [4.69, 9.17) is 14.5 Å². The van der Waals surface area contributed by atoms with Crippen LogP contribution in [-0.2, 0) is 14.5 Å². The number of aliphatic hydroxyl groups excluding tert-OH is 1. The highest BCUT2D eigenvalue weighted by atomic mass is 17.3. The van der Waals surface area contributed by atoms with Crippen LogP contribution in [0.25, 0.3) is 0 Å². The number of hydrogen-bond donors (Lipinski definition) is 1. The van der Waals surface area contributed by atoms with Crippen LogP contribution >= 0.6 is 0 Å². The maximum absolute atomic E-state index is 9.96. The fourth-order valence-corrected chi connectivity index (χ4v) is 5.95. The van der Waals surface area contributed by atoms with Crippen molar-refractivity contribution in [3.63, 3.8) is 0 Å². The van der Waals surface area contributed by atoms with Gasteiger partial charge >= 0.3 is 0 Å². The van der Waals surface area contributed by atoms with Crippen LogP contribution < -0.4 is 0 Å². The van der Waals surface area contributed by atoms with Crippen LogP contribution in [0.2, 0.25) is 0 Å². The molecular weight excluding hydrogens is 256 g/mol. The second-order valence-electron chi connectivity index (χ2n) is 7.96. The standard InChI is InChI=1S/C16H24O4/c17-14-2-1-3-15(9-14)18-16(20-19-15)12-5-10-4-11(7-12)8-13(16)6-10/h10-14,17H,1-9H2/t10?,11?,12?,13?,14-,15-,16?/m0/s1. The smallest absolute Gasteiger partial charge is 0.210 e. The Kier molecular flexibility index (Phi) is 2.46. The highest BCUT2D eigenvalue weighted by Crippen LogP contribution is 2.63. The molecule has 1 aliphatic heterocycles. The summed E-state index contributed by atoms with van der Waals surface area (Å²) in [6, 6.07) is 0. The van der Waals surface area contributed by atoms with Crippen molar-refractivity contribution in [2.45, 2.75) is 75.5 Å². The van der Waals surface area contributed by atoms with Gasteiger partial charge in [0.1, 0.15) is 0 Å². The van der Waals surface area contributed by atoms with Crippen molar-refractivity contribution in [3.05, 3.63) is 0 Å². The molecule has 5 saturated carbocycles. The zero-order valence-corrected chi connectivity index (χ0v) is 11.9. The predicted octanol–water partition coefficient (Wildman–Crippen LogP) is 2.75. The molecule has 0 amide bonds. The maximum atomic E-state index is 9.96. The van der Waals surface area contributed by atoms with Crippen LogP contribution in [0.15, 0.2) is 0 Å². The first-order chi connectivity index (χ1) is 9.68. The summed E-state index contributed by atoms with van der Waals surface area (Å²) < 4.78 is 6.52. The fourth-order valence-electron chi connectivity index (χ4n) is 5.95. The van der Waals surface area contributed by atoms with E-state index >= 15 is 0 Å². The number of rotatable bonds is 0. The molecule has 0 aromatic rings. The second-order valence-corrected chi connectivity index (χ2v) is 7.96. The minimum atomic E-state index is -0.660. The molecule has 4 bridgehead atoms. The van der Waals surface area contributed by atoms with E-state index in [1.54, 1.807) is 0 Å². The first-order valence-corrected chi connectivity index (χ1v) is 8.42. The van der Waals surface area contributed by atoms with Crippen molar-refractivity contribution >= 4 is 0 Å². The maximum Gasteiger partial charge on any atom is 0.210 e. The first-order valence-electron chi connectivity index (χ1n) is 8.42. The fraction of sp³-hybridized carbons (Fsp3) is 1.00. The van der Waals surface area contributed by atoms with Crippen LogP contribution in [0.5, 0.6) is 0 Å². The van der Waals surface area contributed by atoms with Gasteiger partial charge < -0.3 is 9.84 Å². The van der Waals surface area contributed by atoms with Crippen LogP contribution in [0, 0.1) is 23.7 Å². The second kappa shape index (κ2) is 3.97. The van der Waals surface area contributed by atoms with Crippen molar-refractivity contribution in [2.24, 2.45) is 23.7 Å². The third-order valence-corrected chi connectivity index (χ3v) is 6.59. The van der Waals surface area contributed by atoms with E-state index in [1.165, 1.54) is 32.1 Å². The molecule has 4 heteroatoms. The van der Waals surface area contributed by atoms with Crippen molar-refractivity contribution < 1.29 is 19.6 Å². The van der Waals surface area contributed by atoms with Gasteiger partial charge in [0.25, 0.3) is 0 Å². The molecule has 1 saturated heterocycles. The van der Waals surface area contributed by atoms with E-state index < -0.39 is 11.6 Å². The van der Waals surface area contributed by atoms with Crippen molar-refractivity contribution in [1.82, 2.24) is 0 Å². The predicted molar refractivity (Wildman–Crippen MR) is 70.2 cm³/mol. The first kappa shape index (κ1) is 12.4. The van der Waals surface area contributed by atoms with Crippen molar-refractivity contribution in [1.29, 1.82) is 0 Å². The van der Waals surface area contributed by atoms with Gasteiger partial charge in [-0.15, -0.1) is 0 Å². The average molecular weight is 280 g/mol. The van der Waals surface area contributed by atoms with Gasteiger partial charge in [-0.3, -0.25) is 0 Å². The lowest BCUT2D eigenvalue weighted by Gasteiger charge is -2.57. The van der Waals surface area contributed by atoms with Gasteiger partial charge in [-0.05, 0) is 56.8 Å². The van der Waals surface area contributed by atoms with Gasteiger partial charge in [0.15, 0.2) is 0 Å². The third-order valence-electron chi connectivity index (χ3n) is 6.59. The van der Waals surface area contributed by atoms with Gasteiger partial charge in [0.05, 0.1) is 6.10 Å². The summed E-state index contributed by atoms with van der Waals surface area (Å²) in [5.41, 5.74) is 0. The van der Waals surface area contributed by atoms with Crippen LogP contribution in [-0.4, -0.2) is 22.8 Å². The molecule has 6 fully saturated rings. The Hall–Kier alpha value is -0.160. The van der Waals surface area contributed by atoms with Gasteiger partial charge in [0.2, 0.25) is 11.6 Å². The molecule has 0 unspecified atom stereocenters. The van der Waals surface area contributed by atoms with Gasteiger partial charge in [-0.1, -0.05) is 0 Å². The lowest BCUT2D eigenvalue weighted by Crippen LogP contribution is -2.59. The molecule has 5 aliphatic carbocycles. The molecule has 2 atom stereocenters.